The van der Waals surface area contributed by atoms with Crippen molar-refractivity contribution in [2.24, 2.45) is 4.99 Å². The lowest BCUT2D eigenvalue weighted by Crippen LogP contribution is -2.45. The van der Waals surface area contributed by atoms with Gasteiger partial charge in [-0.15, -0.1) is 24.0 Å². The average Bonchev–Trinajstić information content (AvgIpc) is 3.25. The first kappa shape index (κ1) is 22.4. The summed E-state index contributed by atoms with van der Waals surface area (Å²) in [7, 11) is 1.76. The molecule has 0 bridgehead atoms. The molecule has 0 spiro atoms. The molecule has 0 amide bonds. The molecule has 1 saturated heterocycles. The van der Waals surface area contributed by atoms with Crippen LogP contribution in [0, 0.1) is 19.7 Å². The summed E-state index contributed by atoms with van der Waals surface area (Å²) in [6, 6.07) is 3.27. The van der Waals surface area contributed by atoms with E-state index in [2.05, 4.69) is 25.8 Å². The van der Waals surface area contributed by atoms with Crippen LogP contribution in [-0.4, -0.2) is 48.8 Å². The molecule has 2 aromatic rings. The van der Waals surface area contributed by atoms with Gasteiger partial charge in [0.25, 0.3) is 0 Å². The standard InChI is InChI=1S/C19H27FN6O.HI/c1-13-16(14(2)27-25-13)6-4-10-23-19(21-3)24-15-8-11-26(12-15)18-17(20)7-5-9-22-18;/h5,7,9,15H,4,6,8,10-12H2,1-3H3,(H2,21,23,24);1H. The van der Waals surface area contributed by atoms with Crippen molar-refractivity contribution >= 4 is 35.8 Å². The van der Waals surface area contributed by atoms with Crippen molar-refractivity contribution in [1.29, 1.82) is 0 Å². The smallest absolute Gasteiger partial charge is 0.191 e. The maximum Gasteiger partial charge on any atom is 0.191 e. The second-order valence-corrected chi connectivity index (χ2v) is 6.79. The number of halogens is 2. The summed E-state index contributed by atoms with van der Waals surface area (Å²) in [5, 5.41) is 10.7. The fourth-order valence-electron chi connectivity index (χ4n) is 3.40. The van der Waals surface area contributed by atoms with E-state index in [0.29, 0.717) is 12.4 Å². The van der Waals surface area contributed by atoms with Crippen molar-refractivity contribution in [2.45, 2.75) is 39.2 Å². The van der Waals surface area contributed by atoms with Crippen molar-refractivity contribution in [3.63, 3.8) is 0 Å². The highest BCUT2D eigenvalue weighted by molar-refractivity contribution is 14.0. The van der Waals surface area contributed by atoms with Gasteiger partial charge in [0, 0.05) is 44.5 Å². The van der Waals surface area contributed by atoms with Crippen LogP contribution in [-0.2, 0) is 6.42 Å². The van der Waals surface area contributed by atoms with Gasteiger partial charge in [0.05, 0.1) is 5.69 Å². The Balaban J connectivity index is 0.00000280. The molecule has 0 aliphatic carbocycles. The minimum atomic E-state index is -0.278. The van der Waals surface area contributed by atoms with Gasteiger partial charge in [0.15, 0.2) is 17.6 Å². The number of aliphatic imine (C=N–C) groups is 1. The third kappa shape index (κ3) is 5.55. The first-order valence-electron chi connectivity index (χ1n) is 9.33. The molecule has 1 aliphatic rings. The quantitative estimate of drug-likeness (QED) is 0.274. The highest BCUT2D eigenvalue weighted by Crippen LogP contribution is 2.20. The summed E-state index contributed by atoms with van der Waals surface area (Å²) in [6.07, 6.45) is 4.41. The number of pyridine rings is 1. The van der Waals surface area contributed by atoms with Gasteiger partial charge in [0.1, 0.15) is 5.76 Å². The van der Waals surface area contributed by atoms with Gasteiger partial charge in [-0.3, -0.25) is 4.99 Å². The molecule has 28 heavy (non-hydrogen) atoms. The first-order valence-corrected chi connectivity index (χ1v) is 9.33. The van der Waals surface area contributed by atoms with Crippen LogP contribution in [0.4, 0.5) is 10.2 Å². The number of aromatic nitrogens is 2. The topological polar surface area (TPSA) is 78.6 Å². The third-order valence-corrected chi connectivity index (χ3v) is 4.87. The molecule has 0 radical (unpaired) electrons. The summed E-state index contributed by atoms with van der Waals surface area (Å²) in [5.74, 6) is 1.80. The van der Waals surface area contributed by atoms with Crippen LogP contribution in [0.5, 0.6) is 0 Å². The van der Waals surface area contributed by atoms with Gasteiger partial charge in [-0.2, -0.15) is 0 Å². The molecular formula is C19H28FIN6O. The molecule has 0 saturated carbocycles. The highest BCUT2D eigenvalue weighted by atomic mass is 127. The molecule has 2 N–H and O–H groups in total. The summed E-state index contributed by atoms with van der Waals surface area (Å²) in [5.41, 5.74) is 2.14. The maximum absolute atomic E-state index is 13.9. The molecule has 2 aromatic heterocycles. The molecule has 1 atom stereocenters. The van der Waals surface area contributed by atoms with Crippen LogP contribution in [0.2, 0.25) is 0 Å². The normalized spacial score (nSPS) is 16.8. The Hall–Kier alpha value is -1.91. The lowest BCUT2D eigenvalue weighted by molar-refractivity contribution is 0.392. The molecule has 0 aromatic carbocycles. The van der Waals surface area contributed by atoms with E-state index < -0.39 is 0 Å². The largest absolute Gasteiger partial charge is 0.361 e. The van der Waals surface area contributed by atoms with Gasteiger partial charge < -0.3 is 20.1 Å². The molecule has 7 nitrogen and oxygen atoms in total. The third-order valence-electron chi connectivity index (χ3n) is 4.87. The number of nitrogens with zero attached hydrogens (tertiary/aromatic N) is 4. The maximum atomic E-state index is 13.9. The van der Waals surface area contributed by atoms with Gasteiger partial charge in [0.2, 0.25) is 0 Å². The highest BCUT2D eigenvalue weighted by Gasteiger charge is 2.25. The lowest BCUT2D eigenvalue weighted by atomic mass is 10.1. The van der Waals surface area contributed by atoms with E-state index in [4.69, 9.17) is 4.52 Å². The van der Waals surface area contributed by atoms with E-state index in [-0.39, 0.29) is 35.8 Å². The zero-order valence-corrected chi connectivity index (χ0v) is 18.9. The molecule has 1 unspecified atom stereocenters. The molecule has 1 aliphatic heterocycles. The zero-order chi connectivity index (χ0) is 19.2. The van der Waals surface area contributed by atoms with E-state index in [1.165, 1.54) is 11.6 Å². The molecule has 3 rings (SSSR count). The van der Waals surface area contributed by atoms with E-state index in [9.17, 15) is 4.39 Å². The minimum absolute atomic E-state index is 0. The number of nitrogens with one attached hydrogen (secondary N) is 2. The van der Waals surface area contributed by atoms with Crippen LogP contribution < -0.4 is 15.5 Å². The summed E-state index contributed by atoms with van der Waals surface area (Å²) in [6.45, 7) is 6.19. The van der Waals surface area contributed by atoms with Crippen molar-refractivity contribution in [2.75, 3.05) is 31.6 Å². The minimum Gasteiger partial charge on any atom is -0.361 e. The number of hydrogen-bond donors (Lipinski definition) is 2. The second kappa shape index (κ2) is 10.6. The Morgan fingerprint density at radius 3 is 2.93 bits per heavy atom. The molecule has 1 fully saturated rings. The summed E-state index contributed by atoms with van der Waals surface area (Å²) >= 11 is 0. The average molecular weight is 502 g/mol. The predicted octanol–water partition coefficient (Wildman–Crippen LogP) is 2.82. The Bertz CT molecular complexity index is 777. The Kier molecular flexibility index (Phi) is 8.46. The Morgan fingerprint density at radius 1 is 1.43 bits per heavy atom. The number of aryl methyl sites for hydroxylation is 2. The Morgan fingerprint density at radius 2 is 2.25 bits per heavy atom. The van der Waals surface area contributed by atoms with Crippen molar-refractivity contribution < 1.29 is 8.91 Å². The van der Waals surface area contributed by atoms with Crippen LogP contribution in [0.3, 0.4) is 0 Å². The van der Waals surface area contributed by atoms with Crippen LogP contribution in [0.25, 0.3) is 0 Å². The SMILES string of the molecule is CN=C(NCCCc1c(C)noc1C)NC1CCN(c2ncccc2F)C1.I. The van der Waals surface area contributed by atoms with E-state index in [1.807, 2.05) is 18.7 Å². The molecule has 3 heterocycles. The first-order chi connectivity index (χ1) is 13.1. The second-order valence-electron chi connectivity index (χ2n) is 6.79. The van der Waals surface area contributed by atoms with Gasteiger partial charge in [-0.05, 0) is 45.2 Å². The fourth-order valence-corrected chi connectivity index (χ4v) is 3.40. The summed E-state index contributed by atoms with van der Waals surface area (Å²) < 4.78 is 19.1. The number of rotatable bonds is 6. The van der Waals surface area contributed by atoms with Gasteiger partial charge in [-0.1, -0.05) is 5.16 Å². The Labute approximate surface area is 182 Å². The monoisotopic (exact) mass is 502 g/mol. The van der Waals surface area contributed by atoms with Crippen LogP contribution in [0.1, 0.15) is 29.9 Å². The van der Waals surface area contributed by atoms with Crippen LogP contribution >= 0.6 is 24.0 Å². The van der Waals surface area contributed by atoms with Crippen molar-refractivity contribution in [3.05, 3.63) is 41.2 Å². The molecule has 9 heteroatoms. The van der Waals surface area contributed by atoms with Gasteiger partial charge >= 0.3 is 0 Å². The number of hydrogen-bond acceptors (Lipinski definition) is 5. The fraction of sp³-hybridized carbons (Fsp3) is 0.526. The zero-order valence-electron chi connectivity index (χ0n) is 16.5. The van der Waals surface area contributed by atoms with Crippen molar-refractivity contribution in [3.8, 4) is 0 Å². The summed E-state index contributed by atoms with van der Waals surface area (Å²) in [4.78, 5) is 10.4. The lowest BCUT2D eigenvalue weighted by Gasteiger charge is -2.20. The van der Waals surface area contributed by atoms with E-state index >= 15 is 0 Å². The molecular weight excluding hydrogens is 474 g/mol. The number of guanidine groups is 1. The van der Waals surface area contributed by atoms with E-state index in [0.717, 1.165) is 49.8 Å². The predicted molar refractivity (Wildman–Crippen MR) is 119 cm³/mol. The number of anilines is 1. The van der Waals surface area contributed by atoms with Gasteiger partial charge in [-0.25, -0.2) is 9.37 Å². The van der Waals surface area contributed by atoms with E-state index in [1.54, 1.807) is 19.3 Å². The van der Waals surface area contributed by atoms with Crippen molar-refractivity contribution in [1.82, 2.24) is 20.8 Å². The molecule has 154 valence electrons. The van der Waals surface area contributed by atoms with Crippen LogP contribution in [0.15, 0.2) is 27.8 Å².